The van der Waals surface area contributed by atoms with E-state index in [1.165, 1.54) is 0 Å². The van der Waals surface area contributed by atoms with Gasteiger partial charge in [-0.2, -0.15) is 4.99 Å². The third-order valence-electron chi connectivity index (χ3n) is 1.45. The summed E-state index contributed by atoms with van der Waals surface area (Å²) in [6.07, 6.45) is 0.292. The standard InChI is InChI=1S/C9H14N2O5/c1-8(2,3)16-6(13)4-9(10,7(14)15)11-5-12/h4,10H2,1-3H3,(H,14,15). The first-order chi connectivity index (χ1) is 7.10. The van der Waals surface area contributed by atoms with Crippen molar-refractivity contribution in [2.45, 2.75) is 38.5 Å². The smallest absolute Gasteiger partial charge is 0.347 e. The Morgan fingerprint density at radius 1 is 1.44 bits per heavy atom. The minimum absolute atomic E-state index is 0.727. The van der Waals surface area contributed by atoms with Crippen LogP contribution in [0.2, 0.25) is 0 Å². The molecule has 0 aromatic rings. The highest BCUT2D eigenvalue weighted by Crippen LogP contribution is 2.14. The van der Waals surface area contributed by atoms with E-state index in [2.05, 4.69) is 4.99 Å². The quantitative estimate of drug-likeness (QED) is 0.392. The molecule has 0 spiro atoms. The Morgan fingerprint density at radius 2 is 1.94 bits per heavy atom. The van der Waals surface area contributed by atoms with Crippen LogP contribution in [0.5, 0.6) is 0 Å². The summed E-state index contributed by atoms with van der Waals surface area (Å²) in [4.78, 5) is 34.9. The van der Waals surface area contributed by atoms with Crippen molar-refractivity contribution >= 4 is 18.0 Å². The second kappa shape index (κ2) is 4.87. The van der Waals surface area contributed by atoms with E-state index in [1.807, 2.05) is 0 Å². The molecule has 0 heterocycles. The van der Waals surface area contributed by atoms with Crippen molar-refractivity contribution in [3.63, 3.8) is 0 Å². The van der Waals surface area contributed by atoms with Gasteiger partial charge in [-0.15, -0.1) is 0 Å². The van der Waals surface area contributed by atoms with Crippen molar-refractivity contribution < 1.29 is 24.2 Å². The molecule has 0 radical (unpaired) electrons. The van der Waals surface area contributed by atoms with Crippen LogP contribution in [0.3, 0.4) is 0 Å². The third-order valence-corrected chi connectivity index (χ3v) is 1.45. The molecule has 1 unspecified atom stereocenters. The average Bonchev–Trinajstić information content (AvgIpc) is 1.99. The molecule has 0 amide bonds. The number of hydrogen-bond acceptors (Lipinski definition) is 6. The highest BCUT2D eigenvalue weighted by Gasteiger charge is 2.38. The maximum Gasteiger partial charge on any atom is 0.347 e. The van der Waals surface area contributed by atoms with Gasteiger partial charge in [0, 0.05) is 0 Å². The first-order valence-electron chi connectivity index (χ1n) is 4.44. The highest BCUT2D eigenvalue weighted by atomic mass is 16.6. The van der Waals surface area contributed by atoms with Crippen LogP contribution in [0.15, 0.2) is 4.99 Å². The maximum atomic E-state index is 11.3. The van der Waals surface area contributed by atoms with Crippen molar-refractivity contribution in [1.82, 2.24) is 0 Å². The van der Waals surface area contributed by atoms with E-state index in [0.29, 0.717) is 0 Å². The molecule has 90 valence electrons. The second-order valence-electron chi connectivity index (χ2n) is 4.20. The number of ether oxygens (including phenoxy) is 1. The fraction of sp³-hybridized carbons (Fsp3) is 0.667. The first kappa shape index (κ1) is 14.3. The lowest BCUT2D eigenvalue weighted by Gasteiger charge is -2.22. The van der Waals surface area contributed by atoms with E-state index >= 15 is 0 Å². The lowest BCUT2D eigenvalue weighted by molar-refractivity contribution is -0.160. The Labute approximate surface area is 92.3 Å². The molecule has 16 heavy (non-hydrogen) atoms. The number of esters is 1. The zero-order valence-electron chi connectivity index (χ0n) is 9.31. The van der Waals surface area contributed by atoms with Gasteiger partial charge in [0.25, 0.3) is 0 Å². The van der Waals surface area contributed by atoms with Gasteiger partial charge in [0.2, 0.25) is 11.7 Å². The third kappa shape index (κ3) is 4.68. The Balaban J connectivity index is 4.73. The number of aliphatic carboxylic acids is 1. The molecule has 7 nitrogen and oxygen atoms in total. The van der Waals surface area contributed by atoms with Gasteiger partial charge in [-0.1, -0.05) is 0 Å². The molecule has 0 aliphatic heterocycles. The second-order valence-corrected chi connectivity index (χ2v) is 4.20. The maximum absolute atomic E-state index is 11.3. The molecule has 1 atom stereocenters. The minimum Gasteiger partial charge on any atom is -0.478 e. The number of hydrogen-bond donors (Lipinski definition) is 2. The largest absolute Gasteiger partial charge is 0.478 e. The predicted molar refractivity (Wildman–Crippen MR) is 53.1 cm³/mol. The summed E-state index contributed by atoms with van der Waals surface area (Å²) >= 11 is 0. The Bertz CT molecular complexity index is 336. The highest BCUT2D eigenvalue weighted by molar-refractivity contribution is 5.86. The lowest BCUT2D eigenvalue weighted by atomic mass is 10.1. The predicted octanol–water partition coefficient (Wildman–Crippen LogP) is -0.206. The zero-order valence-corrected chi connectivity index (χ0v) is 9.31. The van der Waals surface area contributed by atoms with E-state index in [-0.39, 0.29) is 0 Å². The SMILES string of the molecule is CC(C)(C)OC(=O)CC(N)(N=C=O)C(=O)O. The zero-order chi connectivity index (χ0) is 13.0. The van der Waals surface area contributed by atoms with E-state index in [0.717, 1.165) is 6.08 Å². The molecule has 0 aromatic heterocycles. The molecule has 0 aliphatic rings. The summed E-state index contributed by atoms with van der Waals surface area (Å²) in [5, 5.41) is 8.71. The summed E-state index contributed by atoms with van der Waals surface area (Å²) in [6, 6.07) is 0. The van der Waals surface area contributed by atoms with Crippen molar-refractivity contribution in [1.29, 1.82) is 0 Å². The molecule has 3 N–H and O–H groups in total. The molecule has 0 rings (SSSR count). The minimum atomic E-state index is -2.32. The fourth-order valence-corrected chi connectivity index (χ4v) is 0.842. The molecule has 0 aliphatic carbocycles. The van der Waals surface area contributed by atoms with Crippen LogP contribution < -0.4 is 5.73 Å². The number of nitrogens with zero attached hydrogens (tertiary/aromatic N) is 1. The molecule has 0 aromatic carbocycles. The van der Waals surface area contributed by atoms with Gasteiger partial charge in [0.1, 0.15) is 5.60 Å². The number of carboxylic acid groups (broad SMARTS) is 1. The monoisotopic (exact) mass is 230 g/mol. The van der Waals surface area contributed by atoms with Gasteiger partial charge in [-0.25, -0.2) is 9.59 Å². The van der Waals surface area contributed by atoms with Crippen LogP contribution in [-0.2, 0) is 19.1 Å². The number of aliphatic imine (C=N–C) groups is 1. The number of rotatable bonds is 4. The molecular formula is C9H14N2O5. The van der Waals surface area contributed by atoms with E-state index < -0.39 is 29.6 Å². The summed E-state index contributed by atoms with van der Waals surface area (Å²) in [6.45, 7) is 4.85. The van der Waals surface area contributed by atoms with Crippen molar-refractivity contribution in [3.8, 4) is 0 Å². The molecule has 0 saturated carbocycles. The summed E-state index contributed by atoms with van der Waals surface area (Å²) in [5.41, 5.74) is 2.16. The summed E-state index contributed by atoms with van der Waals surface area (Å²) in [5.74, 6) is -2.45. The Morgan fingerprint density at radius 3 is 2.25 bits per heavy atom. The van der Waals surface area contributed by atoms with Crippen LogP contribution in [-0.4, -0.2) is 34.4 Å². The van der Waals surface area contributed by atoms with Crippen LogP contribution in [0, 0.1) is 0 Å². The van der Waals surface area contributed by atoms with Crippen LogP contribution in [0.1, 0.15) is 27.2 Å². The van der Waals surface area contributed by atoms with Gasteiger partial charge < -0.3 is 9.84 Å². The molecular weight excluding hydrogens is 216 g/mol. The van der Waals surface area contributed by atoms with E-state index in [4.69, 9.17) is 15.6 Å². The van der Waals surface area contributed by atoms with Gasteiger partial charge in [-0.3, -0.25) is 10.5 Å². The van der Waals surface area contributed by atoms with Crippen molar-refractivity contribution in [2.24, 2.45) is 10.7 Å². The normalized spacial score (nSPS) is 14.5. The fourth-order valence-electron chi connectivity index (χ4n) is 0.842. The number of carbonyl (C=O) groups excluding carboxylic acids is 2. The average molecular weight is 230 g/mol. The summed E-state index contributed by atoms with van der Waals surface area (Å²) in [7, 11) is 0. The summed E-state index contributed by atoms with van der Waals surface area (Å²) < 4.78 is 4.86. The number of carboxylic acids is 1. The van der Waals surface area contributed by atoms with E-state index in [9.17, 15) is 14.4 Å². The van der Waals surface area contributed by atoms with Crippen molar-refractivity contribution in [3.05, 3.63) is 0 Å². The van der Waals surface area contributed by atoms with Gasteiger partial charge >= 0.3 is 11.9 Å². The van der Waals surface area contributed by atoms with Gasteiger partial charge in [-0.05, 0) is 20.8 Å². The van der Waals surface area contributed by atoms with Crippen LogP contribution >= 0.6 is 0 Å². The number of carbonyl (C=O) groups is 2. The van der Waals surface area contributed by atoms with Crippen LogP contribution in [0.25, 0.3) is 0 Å². The number of nitrogens with two attached hydrogens (primary N) is 1. The molecule has 7 heteroatoms. The molecule has 0 saturated heterocycles. The van der Waals surface area contributed by atoms with Crippen LogP contribution in [0.4, 0.5) is 0 Å². The van der Waals surface area contributed by atoms with Gasteiger partial charge in [0.15, 0.2) is 0 Å². The molecule has 0 bridgehead atoms. The van der Waals surface area contributed by atoms with Crippen molar-refractivity contribution in [2.75, 3.05) is 0 Å². The van der Waals surface area contributed by atoms with E-state index in [1.54, 1.807) is 20.8 Å². The topological polar surface area (TPSA) is 119 Å². The number of isocyanates is 1. The van der Waals surface area contributed by atoms with Gasteiger partial charge in [0.05, 0.1) is 6.42 Å². The first-order valence-corrected chi connectivity index (χ1v) is 4.44. The lowest BCUT2D eigenvalue weighted by Crippen LogP contribution is -2.48. The Hall–Kier alpha value is -1.72. The molecule has 0 fully saturated rings. The Kier molecular flexibility index (Phi) is 4.35.